The summed E-state index contributed by atoms with van der Waals surface area (Å²) in [4.78, 5) is 0. The van der Waals surface area contributed by atoms with Gasteiger partial charge in [-0.3, -0.25) is 0 Å². The minimum atomic E-state index is 0.538. The highest BCUT2D eigenvalue weighted by molar-refractivity contribution is 7.98. The maximum absolute atomic E-state index is 5.70. The van der Waals surface area contributed by atoms with Crippen LogP contribution < -0.4 is 10.5 Å². The molecule has 0 aliphatic heterocycles. The van der Waals surface area contributed by atoms with E-state index in [1.165, 1.54) is 0 Å². The Kier molecular flexibility index (Phi) is 4.84. The number of ether oxygens (including phenoxy) is 1. The third-order valence-corrected chi connectivity index (χ3v) is 2.62. The van der Waals surface area contributed by atoms with Crippen LogP contribution in [0, 0.1) is 6.92 Å². The molecule has 0 aliphatic carbocycles. The molecule has 0 amide bonds. The molecule has 0 radical (unpaired) electrons. The van der Waals surface area contributed by atoms with E-state index in [0.29, 0.717) is 6.54 Å². The lowest BCUT2D eigenvalue weighted by molar-refractivity contribution is 0.338. The number of rotatable bonds is 5. The minimum absolute atomic E-state index is 0.538. The van der Waals surface area contributed by atoms with Gasteiger partial charge in [0.1, 0.15) is 5.75 Å². The zero-order chi connectivity index (χ0) is 10.4. The van der Waals surface area contributed by atoms with Gasteiger partial charge in [0, 0.05) is 17.9 Å². The summed E-state index contributed by atoms with van der Waals surface area (Å²) >= 11 is 1.78. The number of thioether (sulfide) groups is 1. The van der Waals surface area contributed by atoms with E-state index in [1.807, 2.05) is 25.1 Å². The molecule has 1 aromatic rings. The van der Waals surface area contributed by atoms with Crippen molar-refractivity contribution in [2.45, 2.75) is 13.5 Å². The molecule has 0 saturated carbocycles. The Morgan fingerprint density at radius 1 is 1.43 bits per heavy atom. The summed E-state index contributed by atoms with van der Waals surface area (Å²) < 4.78 is 5.70. The van der Waals surface area contributed by atoms with Crippen LogP contribution >= 0.6 is 11.8 Å². The van der Waals surface area contributed by atoms with Crippen LogP contribution in [0.25, 0.3) is 0 Å². The van der Waals surface area contributed by atoms with E-state index in [1.54, 1.807) is 11.8 Å². The molecule has 78 valence electrons. The summed E-state index contributed by atoms with van der Waals surface area (Å²) in [5, 5.41) is 0. The lowest BCUT2D eigenvalue weighted by atomic mass is 10.1. The summed E-state index contributed by atoms with van der Waals surface area (Å²) in [5.41, 5.74) is 7.89. The fourth-order valence-electron chi connectivity index (χ4n) is 1.31. The second-order valence-corrected chi connectivity index (χ2v) is 4.09. The molecule has 1 rings (SSSR count). The topological polar surface area (TPSA) is 35.2 Å². The smallest absolute Gasteiger partial charge is 0.126 e. The Morgan fingerprint density at radius 2 is 2.21 bits per heavy atom. The van der Waals surface area contributed by atoms with Crippen molar-refractivity contribution in [2.75, 3.05) is 18.6 Å². The highest BCUT2D eigenvalue weighted by Crippen LogP contribution is 2.22. The molecule has 0 aromatic heterocycles. The molecule has 0 unspecified atom stereocenters. The second-order valence-electron chi connectivity index (χ2n) is 3.11. The molecule has 0 bridgehead atoms. The van der Waals surface area contributed by atoms with Gasteiger partial charge in [-0.2, -0.15) is 11.8 Å². The zero-order valence-corrected chi connectivity index (χ0v) is 9.56. The van der Waals surface area contributed by atoms with Crippen LogP contribution in [-0.4, -0.2) is 18.6 Å². The minimum Gasteiger partial charge on any atom is -0.492 e. The molecule has 0 spiro atoms. The van der Waals surface area contributed by atoms with Gasteiger partial charge in [0.05, 0.1) is 6.61 Å². The van der Waals surface area contributed by atoms with Gasteiger partial charge in [-0.25, -0.2) is 0 Å². The summed E-state index contributed by atoms with van der Waals surface area (Å²) in [6.07, 6.45) is 2.07. The summed E-state index contributed by atoms with van der Waals surface area (Å²) in [7, 11) is 0. The van der Waals surface area contributed by atoms with Crippen LogP contribution in [0.4, 0.5) is 0 Å². The maximum Gasteiger partial charge on any atom is 0.126 e. The lowest BCUT2D eigenvalue weighted by Gasteiger charge is -2.12. The van der Waals surface area contributed by atoms with Crippen LogP contribution in [0.2, 0.25) is 0 Å². The molecular weight excluding hydrogens is 194 g/mol. The Balaban J connectivity index is 2.72. The van der Waals surface area contributed by atoms with E-state index in [9.17, 15) is 0 Å². The summed E-state index contributed by atoms with van der Waals surface area (Å²) in [6, 6.07) is 6.08. The number of nitrogens with two attached hydrogens (primary N) is 1. The average Bonchev–Trinajstić information content (AvgIpc) is 2.20. The first-order valence-corrected chi connectivity index (χ1v) is 6.09. The average molecular weight is 211 g/mol. The van der Waals surface area contributed by atoms with Crippen LogP contribution in [-0.2, 0) is 6.54 Å². The first-order valence-electron chi connectivity index (χ1n) is 4.70. The van der Waals surface area contributed by atoms with E-state index in [-0.39, 0.29) is 0 Å². The highest BCUT2D eigenvalue weighted by atomic mass is 32.2. The lowest BCUT2D eigenvalue weighted by Crippen LogP contribution is -2.06. The predicted octanol–water partition coefficient (Wildman–Crippen LogP) is 2.20. The highest BCUT2D eigenvalue weighted by Gasteiger charge is 2.04. The van der Waals surface area contributed by atoms with Gasteiger partial charge in [-0.05, 0) is 18.7 Å². The first-order chi connectivity index (χ1) is 6.79. The molecule has 14 heavy (non-hydrogen) atoms. The van der Waals surface area contributed by atoms with Crippen molar-refractivity contribution in [1.82, 2.24) is 0 Å². The van der Waals surface area contributed by atoms with Gasteiger partial charge in [0.15, 0.2) is 0 Å². The van der Waals surface area contributed by atoms with E-state index in [0.717, 1.165) is 29.2 Å². The van der Waals surface area contributed by atoms with Crippen molar-refractivity contribution in [3.05, 3.63) is 29.3 Å². The van der Waals surface area contributed by atoms with Crippen molar-refractivity contribution < 1.29 is 4.74 Å². The molecule has 3 heteroatoms. The molecule has 2 N–H and O–H groups in total. The number of aryl methyl sites for hydroxylation is 1. The van der Waals surface area contributed by atoms with E-state index in [4.69, 9.17) is 10.5 Å². The largest absolute Gasteiger partial charge is 0.492 e. The number of benzene rings is 1. The van der Waals surface area contributed by atoms with Crippen LogP contribution in [0.3, 0.4) is 0 Å². The standard InChI is InChI=1S/C11H17NOS/c1-9-4-3-5-10(8-12)11(9)13-6-7-14-2/h3-5H,6-8,12H2,1-2H3. The SMILES string of the molecule is CSCCOc1c(C)cccc1CN. The fraction of sp³-hybridized carbons (Fsp3) is 0.455. The monoisotopic (exact) mass is 211 g/mol. The van der Waals surface area contributed by atoms with Crippen molar-refractivity contribution in [2.24, 2.45) is 5.73 Å². The van der Waals surface area contributed by atoms with E-state index >= 15 is 0 Å². The molecule has 0 atom stereocenters. The van der Waals surface area contributed by atoms with Crippen molar-refractivity contribution in [3.8, 4) is 5.75 Å². The van der Waals surface area contributed by atoms with E-state index < -0.39 is 0 Å². The van der Waals surface area contributed by atoms with E-state index in [2.05, 4.69) is 6.26 Å². The zero-order valence-electron chi connectivity index (χ0n) is 8.75. The molecule has 0 aliphatic rings. The Morgan fingerprint density at radius 3 is 2.86 bits per heavy atom. The molecule has 0 saturated heterocycles. The summed E-state index contributed by atoms with van der Waals surface area (Å²) in [5.74, 6) is 1.97. The Bertz CT molecular complexity index is 289. The first kappa shape index (κ1) is 11.4. The van der Waals surface area contributed by atoms with Gasteiger partial charge in [0.2, 0.25) is 0 Å². The second kappa shape index (κ2) is 5.94. The molecule has 0 heterocycles. The third kappa shape index (κ3) is 2.93. The van der Waals surface area contributed by atoms with Crippen LogP contribution in [0.5, 0.6) is 5.75 Å². The Labute approximate surface area is 89.8 Å². The molecule has 1 aromatic carbocycles. The van der Waals surface area contributed by atoms with Gasteiger partial charge >= 0.3 is 0 Å². The quantitative estimate of drug-likeness (QED) is 0.758. The van der Waals surface area contributed by atoms with Crippen LogP contribution in [0.15, 0.2) is 18.2 Å². The van der Waals surface area contributed by atoms with Gasteiger partial charge in [-0.1, -0.05) is 18.2 Å². The maximum atomic E-state index is 5.70. The normalized spacial score (nSPS) is 10.2. The van der Waals surface area contributed by atoms with Crippen molar-refractivity contribution in [1.29, 1.82) is 0 Å². The predicted molar refractivity (Wildman–Crippen MR) is 62.9 cm³/mol. The molecule has 0 fully saturated rings. The fourth-order valence-corrected chi connectivity index (χ4v) is 1.56. The number of hydrogen-bond donors (Lipinski definition) is 1. The third-order valence-electron chi connectivity index (χ3n) is 2.05. The van der Waals surface area contributed by atoms with Gasteiger partial charge in [-0.15, -0.1) is 0 Å². The van der Waals surface area contributed by atoms with Crippen molar-refractivity contribution in [3.63, 3.8) is 0 Å². The molecule has 2 nitrogen and oxygen atoms in total. The van der Waals surface area contributed by atoms with Crippen molar-refractivity contribution >= 4 is 11.8 Å². The number of para-hydroxylation sites is 1. The molecular formula is C11H17NOS. The van der Waals surface area contributed by atoms with Crippen LogP contribution in [0.1, 0.15) is 11.1 Å². The Hall–Kier alpha value is -0.670. The van der Waals surface area contributed by atoms with Gasteiger partial charge in [0.25, 0.3) is 0 Å². The van der Waals surface area contributed by atoms with Gasteiger partial charge < -0.3 is 10.5 Å². The summed E-state index contributed by atoms with van der Waals surface area (Å²) in [6.45, 7) is 3.34. The number of hydrogen-bond acceptors (Lipinski definition) is 3.